The lowest BCUT2D eigenvalue weighted by Gasteiger charge is -2.31. The standard InChI is InChI=1S/C26H29N3O5S/c1-19-8-10-22(11-9-19)28(2)35(32,33)24-7-3-5-21(17-24)26(31)29-14-12-20(13-15-29)25(30)27-18-23-6-4-16-34-23/h3-11,16-17,20H,12-15,18H2,1-2H3,(H,27,30). The molecular weight excluding hydrogens is 466 g/mol. The number of nitrogens with one attached hydrogen (secondary N) is 1. The fourth-order valence-electron chi connectivity index (χ4n) is 4.10. The van der Waals surface area contributed by atoms with Crippen molar-refractivity contribution < 1.29 is 22.4 Å². The van der Waals surface area contributed by atoms with Gasteiger partial charge in [0.05, 0.1) is 23.4 Å². The SMILES string of the molecule is Cc1ccc(N(C)S(=O)(=O)c2cccc(C(=O)N3CCC(C(=O)NCc4ccco4)CC3)c2)cc1. The summed E-state index contributed by atoms with van der Waals surface area (Å²) in [6, 6.07) is 16.9. The van der Waals surface area contributed by atoms with E-state index in [0.29, 0.717) is 49.5 Å². The highest BCUT2D eigenvalue weighted by Gasteiger charge is 2.29. The molecule has 1 aromatic heterocycles. The molecule has 4 rings (SSSR count). The Labute approximate surface area is 205 Å². The third kappa shape index (κ3) is 5.57. The fourth-order valence-corrected chi connectivity index (χ4v) is 5.34. The van der Waals surface area contributed by atoms with Crippen LogP contribution >= 0.6 is 0 Å². The molecule has 1 N–H and O–H groups in total. The van der Waals surface area contributed by atoms with Gasteiger partial charge in [-0.3, -0.25) is 13.9 Å². The maximum absolute atomic E-state index is 13.2. The van der Waals surface area contributed by atoms with Crippen molar-refractivity contribution in [1.82, 2.24) is 10.2 Å². The number of aryl methyl sites for hydroxylation is 1. The van der Waals surface area contributed by atoms with E-state index in [2.05, 4.69) is 5.32 Å². The molecule has 1 aliphatic rings. The van der Waals surface area contributed by atoms with E-state index in [0.717, 1.165) is 5.56 Å². The van der Waals surface area contributed by atoms with Crippen LogP contribution in [0.25, 0.3) is 0 Å². The Kier molecular flexibility index (Phi) is 7.25. The largest absolute Gasteiger partial charge is 0.467 e. The summed E-state index contributed by atoms with van der Waals surface area (Å²) in [5, 5.41) is 2.87. The number of hydrogen-bond donors (Lipinski definition) is 1. The molecular formula is C26H29N3O5S. The zero-order valence-corrected chi connectivity index (χ0v) is 20.6. The first-order chi connectivity index (χ1) is 16.8. The summed E-state index contributed by atoms with van der Waals surface area (Å²) in [4.78, 5) is 27.3. The zero-order valence-electron chi connectivity index (χ0n) is 19.8. The molecule has 0 saturated carbocycles. The van der Waals surface area contributed by atoms with E-state index in [1.165, 1.54) is 23.5 Å². The first kappa shape index (κ1) is 24.5. The molecule has 1 aliphatic heterocycles. The maximum Gasteiger partial charge on any atom is 0.264 e. The van der Waals surface area contributed by atoms with Gasteiger partial charge in [-0.1, -0.05) is 23.8 Å². The minimum absolute atomic E-state index is 0.0543. The summed E-state index contributed by atoms with van der Waals surface area (Å²) in [6.45, 7) is 3.13. The van der Waals surface area contributed by atoms with Gasteiger partial charge >= 0.3 is 0 Å². The van der Waals surface area contributed by atoms with Crippen LogP contribution in [-0.2, 0) is 21.4 Å². The second kappa shape index (κ2) is 10.4. The molecule has 1 fully saturated rings. The van der Waals surface area contributed by atoms with Crippen LogP contribution in [0, 0.1) is 12.8 Å². The summed E-state index contributed by atoms with van der Waals surface area (Å²) in [6.07, 6.45) is 2.65. The van der Waals surface area contributed by atoms with Crippen molar-refractivity contribution in [2.24, 2.45) is 5.92 Å². The Morgan fingerprint density at radius 2 is 1.77 bits per heavy atom. The summed E-state index contributed by atoms with van der Waals surface area (Å²) >= 11 is 0. The first-order valence-electron chi connectivity index (χ1n) is 11.5. The molecule has 2 heterocycles. The van der Waals surface area contributed by atoms with Crippen molar-refractivity contribution in [1.29, 1.82) is 0 Å². The number of carbonyl (C=O) groups excluding carboxylic acids is 2. The average molecular weight is 496 g/mol. The van der Waals surface area contributed by atoms with Gasteiger partial charge in [0.1, 0.15) is 5.76 Å². The Morgan fingerprint density at radius 3 is 2.43 bits per heavy atom. The number of anilines is 1. The fraction of sp³-hybridized carbons (Fsp3) is 0.308. The summed E-state index contributed by atoms with van der Waals surface area (Å²) < 4.78 is 32.8. The van der Waals surface area contributed by atoms with Crippen molar-refractivity contribution in [3.63, 3.8) is 0 Å². The van der Waals surface area contributed by atoms with Gasteiger partial charge < -0.3 is 14.6 Å². The average Bonchev–Trinajstić information content (AvgIpc) is 3.41. The molecule has 8 nitrogen and oxygen atoms in total. The van der Waals surface area contributed by atoms with E-state index >= 15 is 0 Å². The maximum atomic E-state index is 13.2. The summed E-state index contributed by atoms with van der Waals surface area (Å²) in [5.74, 6) is 0.216. The monoisotopic (exact) mass is 495 g/mol. The van der Waals surface area contributed by atoms with Crippen LogP contribution in [0.3, 0.4) is 0 Å². The Hall–Kier alpha value is -3.59. The lowest BCUT2D eigenvalue weighted by atomic mass is 9.95. The summed E-state index contributed by atoms with van der Waals surface area (Å²) in [7, 11) is -2.34. The Bertz CT molecular complexity index is 1280. The summed E-state index contributed by atoms with van der Waals surface area (Å²) in [5.41, 5.74) is 1.88. The van der Waals surface area contributed by atoms with Gasteiger partial charge in [0.2, 0.25) is 5.91 Å². The molecule has 0 spiro atoms. The highest BCUT2D eigenvalue weighted by molar-refractivity contribution is 7.92. The highest BCUT2D eigenvalue weighted by Crippen LogP contribution is 2.25. The molecule has 184 valence electrons. The first-order valence-corrected chi connectivity index (χ1v) is 12.9. The van der Waals surface area contributed by atoms with Crippen LogP contribution in [0.1, 0.15) is 34.5 Å². The normalized spacial score (nSPS) is 14.5. The number of benzene rings is 2. The van der Waals surface area contributed by atoms with Crippen molar-refractivity contribution in [3.05, 3.63) is 83.8 Å². The van der Waals surface area contributed by atoms with E-state index < -0.39 is 10.0 Å². The molecule has 0 bridgehead atoms. The topological polar surface area (TPSA) is 99.9 Å². The van der Waals surface area contributed by atoms with Crippen molar-refractivity contribution in [3.8, 4) is 0 Å². The third-order valence-corrected chi connectivity index (χ3v) is 8.09. The van der Waals surface area contributed by atoms with Crippen LogP contribution < -0.4 is 9.62 Å². The molecule has 0 aliphatic carbocycles. The van der Waals surface area contributed by atoms with Gasteiger partial charge in [-0.05, 0) is 62.2 Å². The van der Waals surface area contributed by atoms with E-state index in [4.69, 9.17) is 4.42 Å². The number of furan rings is 1. The number of nitrogens with zero attached hydrogens (tertiary/aromatic N) is 2. The van der Waals surface area contributed by atoms with Crippen LogP contribution in [0.4, 0.5) is 5.69 Å². The molecule has 9 heteroatoms. The molecule has 0 radical (unpaired) electrons. The quantitative estimate of drug-likeness (QED) is 0.540. The van der Waals surface area contributed by atoms with Crippen molar-refractivity contribution in [2.75, 3.05) is 24.4 Å². The Morgan fingerprint density at radius 1 is 1.06 bits per heavy atom. The molecule has 35 heavy (non-hydrogen) atoms. The molecule has 2 aromatic carbocycles. The van der Waals surface area contributed by atoms with Gasteiger partial charge in [0.25, 0.3) is 15.9 Å². The van der Waals surface area contributed by atoms with Gasteiger partial charge in [-0.2, -0.15) is 0 Å². The van der Waals surface area contributed by atoms with Crippen molar-refractivity contribution >= 4 is 27.5 Å². The molecule has 0 unspecified atom stereocenters. The second-order valence-electron chi connectivity index (χ2n) is 8.70. The van der Waals surface area contributed by atoms with Gasteiger partial charge in [0.15, 0.2) is 0 Å². The number of rotatable bonds is 7. The number of amides is 2. The predicted octanol–water partition coefficient (Wildman–Crippen LogP) is 3.58. The van der Waals surface area contributed by atoms with Gasteiger partial charge in [-0.25, -0.2) is 8.42 Å². The molecule has 1 saturated heterocycles. The second-order valence-corrected chi connectivity index (χ2v) is 10.7. The minimum Gasteiger partial charge on any atom is -0.467 e. The highest BCUT2D eigenvalue weighted by atomic mass is 32.2. The smallest absolute Gasteiger partial charge is 0.264 e. The third-order valence-electron chi connectivity index (χ3n) is 6.31. The van der Waals surface area contributed by atoms with E-state index in [1.54, 1.807) is 47.6 Å². The van der Waals surface area contributed by atoms with E-state index in [1.807, 2.05) is 19.1 Å². The number of piperidine rings is 1. The number of likely N-dealkylation sites (tertiary alicyclic amines) is 1. The van der Waals surface area contributed by atoms with Crippen LogP contribution in [0.5, 0.6) is 0 Å². The predicted molar refractivity (Wildman–Crippen MR) is 132 cm³/mol. The number of hydrogen-bond acceptors (Lipinski definition) is 5. The van der Waals surface area contributed by atoms with Gasteiger partial charge in [-0.15, -0.1) is 0 Å². The number of sulfonamides is 1. The molecule has 3 aromatic rings. The lowest BCUT2D eigenvalue weighted by molar-refractivity contribution is -0.126. The minimum atomic E-state index is -3.83. The zero-order chi connectivity index (χ0) is 25.0. The van der Waals surface area contributed by atoms with Crippen LogP contribution in [-0.4, -0.2) is 45.3 Å². The van der Waals surface area contributed by atoms with Gasteiger partial charge in [0, 0.05) is 31.6 Å². The van der Waals surface area contributed by atoms with Crippen LogP contribution in [0.2, 0.25) is 0 Å². The lowest BCUT2D eigenvalue weighted by Crippen LogP contribution is -2.43. The van der Waals surface area contributed by atoms with E-state index in [-0.39, 0.29) is 22.6 Å². The molecule has 2 amide bonds. The molecule has 0 atom stereocenters. The number of carbonyl (C=O) groups is 2. The Balaban J connectivity index is 1.39. The van der Waals surface area contributed by atoms with E-state index in [9.17, 15) is 18.0 Å². The van der Waals surface area contributed by atoms with Crippen LogP contribution in [0.15, 0.2) is 76.2 Å². The van der Waals surface area contributed by atoms with Crippen molar-refractivity contribution in [2.45, 2.75) is 31.2 Å².